The molecule has 0 aliphatic carbocycles. The van der Waals surface area contributed by atoms with Crippen molar-refractivity contribution in [1.29, 1.82) is 0 Å². The second-order valence-corrected chi connectivity index (χ2v) is 23.4. The monoisotopic (exact) mass is 1000 g/mol. The third-order valence-electron chi connectivity index (χ3n) is 12.7. The van der Waals surface area contributed by atoms with Crippen LogP contribution >= 0.6 is 46.6 Å². The molecule has 4 fully saturated rings. The summed E-state index contributed by atoms with van der Waals surface area (Å²) in [7, 11) is 3.40. The minimum atomic E-state index is -0.694. The molecule has 4 aromatic rings. The van der Waals surface area contributed by atoms with Gasteiger partial charge in [0, 0.05) is 43.7 Å². The summed E-state index contributed by atoms with van der Waals surface area (Å²) >= 11 is 5.51. The Morgan fingerprint density at radius 2 is 0.971 bits per heavy atom. The molecule has 6 N–H and O–H groups in total. The van der Waals surface area contributed by atoms with Crippen LogP contribution in [0.3, 0.4) is 0 Å². The highest BCUT2D eigenvalue weighted by Gasteiger charge is 2.56. The van der Waals surface area contributed by atoms with Crippen LogP contribution in [0.1, 0.15) is 80.1 Å². The highest BCUT2D eigenvalue weighted by Crippen LogP contribution is 2.49. The van der Waals surface area contributed by atoms with Crippen molar-refractivity contribution in [3.63, 3.8) is 0 Å². The zero-order chi connectivity index (χ0) is 48.9. The van der Waals surface area contributed by atoms with Crippen LogP contribution in [-0.4, -0.2) is 135 Å². The van der Waals surface area contributed by atoms with Crippen LogP contribution < -0.4 is 31.9 Å². The van der Waals surface area contributed by atoms with E-state index in [1.807, 2.05) is 88.4 Å². The molecule has 2 aromatic heterocycles. The van der Waals surface area contributed by atoms with Crippen LogP contribution in [0.2, 0.25) is 0 Å². The van der Waals surface area contributed by atoms with Gasteiger partial charge in [0.2, 0.25) is 35.4 Å². The van der Waals surface area contributed by atoms with Gasteiger partial charge in [-0.1, -0.05) is 69.6 Å². The first-order valence-electron chi connectivity index (χ1n) is 22.8. The molecule has 0 spiro atoms. The predicted molar refractivity (Wildman–Crippen MR) is 269 cm³/mol. The Labute approximate surface area is 413 Å². The van der Waals surface area contributed by atoms with E-state index < -0.39 is 45.7 Å². The van der Waals surface area contributed by atoms with Crippen LogP contribution in [-0.2, 0) is 28.8 Å². The zero-order valence-electron chi connectivity index (χ0n) is 39.4. The van der Waals surface area contributed by atoms with Gasteiger partial charge >= 0.3 is 0 Å². The molecule has 8 atom stereocenters. The van der Waals surface area contributed by atoms with Gasteiger partial charge in [-0.25, -0.2) is 0 Å². The summed E-state index contributed by atoms with van der Waals surface area (Å²) in [6.45, 7) is 11.5. The normalized spacial score (nSPS) is 24.8. The van der Waals surface area contributed by atoms with Crippen molar-refractivity contribution in [3.05, 3.63) is 60.7 Å². The maximum atomic E-state index is 13.6. The first-order chi connectivity index (χ1) is 32.4. The summed E-state index contributed by atoms with van der Waals surface area (Å²) in [5.41, 5.74) is 2.92. The van der Waals surface area contributed by atoms with Crippen LogP contribution in [0.25, 0.3) is 22.5 Å². The number of likely N-dealkylation sites (N-methyl/N-ethyl adjacent to an activating group) is 2. The number of fused-ring (bicyclic) bond motifs is 2. The topological polar surface area (TPSA) is 233 Å². The summed E-state index contributed by atoms with van der Waals surface area (Å²) in [5.74, 6) is -1.41. The van der Waals surface area contributed by atoms with E-state index in [0.717, 1.165) is 59.9 Å². The molecular weight excluding hydrogens is 945 g/mol. The number of carbonyl (C=O) groups is 6. The van der Waals surface area contributed by atoms with Crippen molar-refractivity contribution in [1.82, 2.24) is 50.2 Å². The number of hydrogen-bond acceptors (Lipinski definition) is 16. The van der Waals surface area contributed by atoms with E-state index in [1.165, 1.54) is 0 Å². The average Bonchev–Trinajstić information content (AvgIpc) is 4.07. The summed E-state index contributed by atoms with van der Waals surface area (Å²) in [6, 6.07) is 15.6. The summed E-state index contributed by atoms with van der Waals surface area (Å²) in [6.07, 6.45) is 4.24. The first-order valence-corrected chi connectivity index (χ1v) is 26.1. The maximum Gasteiger partial charge on any atom is 0.249 e. The Kier molecular flexibility index (Phi) is 16.3. The Bertz CT molecular complexity index is 2290. The number of thioether (sulfide) groups is 2. The van der Waals surface area contributed by atoms with Gasteiger partial charge in [-0.3, -0.25) is 28.8 Å². The number of nitrogens with zero attached hydrogens (tertiary/aromatic N) is 6. The van der Waals surface area contributed by atoms with E-state index in [0.29, 0.717) is 34.2 Å². The van der Waals surface area contributed by atoms with E-state index in [-0.39, 0.29) is 46.2 Å². The molecule has 22 heteroatoms. The molecule has 2 aromatic carbocycles. The van der Waals surface area contributed by atoms with Crippen LogP contribution in [0, 0.1) is 0 Å². The van der Waals surface area contributed by atoms with Gasteiger partial charge in [0.1, 0.15) is 45.6 Å². The zero-order valence-corrected chi connectivity index (χ0v) is 42.7. The van der Waals surface area contributed by atoms with Crippen LogP contribution in [0.15, 0.2) is 60.7 Å². The number of hydrogen-bond donors (Lipinski definition) is 6. The quantitative estimate of drug-likeness (QED) is 0.111. The maximum absolute atomic E-state index is 13.6. The molecule has 4 aliphatic heterocycles. The molecule has 2 unspecified atom stereocenters. The lowest BCUT2D eigenvalue weighted by Gasteiger charge is -2.33. The fraction of sp³-hybridized carbons (Fsp3) is 0.522. The van der Waals surface area contributed by atoms with Crippen molar-refractivity contribution in [2.75, 3.05) is 24.7 Å². The number of benzene rings is 2. The van der Waals surface area contributed by atoms with Crippen molar-refractivity contribution in [2.45, 2.75) is 137 Å². The lowest BCUT2D eigenvalue weighted by atomic mass is 9.99. The van der Waals surface area contributed by atoms with E-state index >= 15 is 0 Å². The lowest BCUT2D eigenvalue weighted by Crippen LogP contribution is -2.58. The molecule has 0 saturated carbocycles. The summed E-state index contributed by atoms with van der Waals surface area (Å²) < 4.78 is 7.07. The largest absolute Gasteiger partial charge is 0.343 e. The van der Waals surface area contributed by atoms with Gasteiger partial charge in [0.15, 0.2) is 0 Å². The number of amides is 6. The minimum absolute atomic E-state index is 0.116. The van der Waals surface area contributed by atoms with E-state index in [1.54, 1.807) is 61.3 Å². The molecule has 4 aliphatic rings. The van der Waals surface area contributed by atoms with Gasteiger partial charge < -0.3 is 41.7 Å². The minimum Gasteiger partial charge on any atom is -0.343 e. The molecule has 68 heavy (non-hydrogen) atoms. The lowest BCUT2D eigenvalue weighted by molar-refractivity contribution is -0.142. The molecule has 6 amide bonds. The second-order valence-electron chi connectivity index (χ2n) is 18.3. The number of anilines is 2. The first kappa shape index (κ1) is 50.9. The molecule has 0 bridgehead atoms. The summed E-state index contributed by atoms with van der Waals surface area (Å²) in [4.78, 5) is 82.9. The standard InChI is InChI=1S/2C23H30N6O3S2/c2*1-13(24-4)19(30)25-15-11-8-12-16-29(22(15)32)18(23(2,3)33-16)20(31)26-21-17(27-28-34-21)14-9-6-5-7-10-14/h2*5-7,9-10,13,15-16,18,24H,8,11-12H2,1-4H3,(H,25,30)(H,26,31)/t13-,15?,16+,18+;13-,15?,16-,18+/m00/s1. The fourth-order valence-electron chi connectivity index (χ4n) is 8.96. The highest BCUT2D eigenvalue weighted by molar-refractivity contribution is 8.01. The van der Waals surface area contributed by atoms with E-state index in [2.05, 4.69) is 51.1 Å². The van der Waals surface area contributed by atoms with E-state index in [4.69, 9.17) is 0 Å². The fourth-order valence-corrected chi connectivity index (χ4v) is 13.5. The number of carbonyl (C=O) groups excluding carboxylic acids is 6. The Hall–Kier alpha value is -5.00. The van der Waals surface area contributed by atoms with Crippen LogP contribution in [0.4, 0.5) is 10.0 Å². The number of aromatic nitrogens is 4. The third kappa shape index (κ3) is 11.0. The van der Waals surface area contributed by atoms with Crippen molar-refractivity contribution < 1.29 is 28.8 Å². The molecule has 8 rings (SSSR count). The predicted octanol–water partition coefficient (Wildman–Crippen LogP) is 4.94. The van der Waals surface area contributed by atoms with Gasteiger partial charge in [0.25, 0.3) is 0 Å². The van der Waals surface area contributed by atoms with Crippen molar-refractivity contribution >= 4 is 92.0 Å². The average molecular weight is 1010 g/mol. The Morgan fingerprint density at radius 1 is 0.603 bits per heavy atom. The highest BCUT2D eigenvalue weighted by atomic mass is 32.2. The molecule has 4 saturated heterocycles. The molecule has 6 heterocycles. The van der Waals surface area contributed by atoms with E-state index in [9.17, 15) is 28.8 Å². The Morgan fingerprint density at radius 3 is 1.32 bits per heavy atom. The van der Waals surface area contributed by atoms with Crippen LogP contribution in [0.5, 0.6) is 0 Å². The number of nitrogens with one attached hydrogen (secondary N) is 6. The molecular formula is C46H60N12O6S4. The second kappa shape index (κ2) is 21.7. The smallest absolute Gasteiger partial charge is 0.249 e. The molecule has 18 nitrogen and oxygen atoms in total. The molecule has 0 radical (unpaired) electrons. The Balaban J connectivity index is 0.000000201. The molecule has 364 valence electrons. The van der Waals surface area contributed by atoms with Gasteiger partial charge in [0.05, 0.1) is 22.8 Å². The van der Waals surface area contributed by atoms with Crippen molar-refractivity contribution in [2.24, 2.45) is 0 Å². The van der Waals surface area contributed by atoms with Gasteiger partial charge in [-0.15, -0.1) is 33.7 Å². The third-order valence-corrected chi connectivity index (χ3v) is 17.1. The van der Waals surface area contributed by atoms with Crippen molar-refractivity contribution in [3.8, 4) is 22.5 Å². The number of rotatable bonds is 12. The SMILES string of the molecule is CN[C@@H](C)C(=O)NC1CCC[C@@H]2SC(C)(C)[C@@H](C(=O)Nc3snnc3-c3ccccc3)N2C1=O.CN[C@@H](C)C(=O)NC1CCC[C@H]2SC(C)(C)[C@@H](C(=O)Nc3snnc3-c3ccccc3)N2C1=O. The van der Waals surface area contributed by atoms with Gasteiger partial charge in [-0.05, 0) is 94.2 Å². The van der Waals surface area contributed by atoms with Gasteiger partial charge in [-0.2, -0.15) is 0 Å². The summed E-state index contributed by atoms with van der Waals surface area (Å²) in [5, 5.41) is 26.8.